The van der Waals surface area contributed by atoms with Gasteiger partial charge >= 0.3 is 0 Å². The van der Waals surface area contributed by atoms with E-state index in [1.165, 1.54) is 28.6 Å². The van der Waals surface area contributed by atoms with E-state index in [0.29, 0.717) is 5.92 Å². The van der Waals surface area contributed by atoms with Crippen molar-refractivity contribution < 1.29 is 0 Å². The van der Waals surface area contributed by atoms with Crippen molar-refractivity contribution in [3.05, 3.63) is 36.0 Å². The largest absolute Gasteiger partial charge is 0.360 e. The highest BCUT2D eigenvalue weighted by molar-refractivity contribution is 6.12. The molecular formula is C13H14N2. The van der Waals surface area contributed by atoms with Gasteiger partial charge in [-0.15, -0.1) is 0 Å². The Hall–Kier alpha value is -1.57. The Morgan fingerprint density at radius 1 is 1.33 bits per heavy atom. The molecule has 0 amide bonds. The van der Waals surface area contributed by atoms with Crippen molar-refractivity contribution in [2.24, 2.45) is 10.9 Å². The van der Waals surface area contributed by atoms with E-state index >= 15 is 0 Å². The highest BCUT2D eigenvalue weighted by Crippen LogP contribution is 2.25. The third-order valence-corrected chi connectivity index (χ3v) is 3.18. The summed E-state index contributed by atoms with van der Waals surface area (Å²) in [6.45, 7) is 3.24. The minimum absolute atomic E-state index is 0.601. The molecule has 1 N–H and O–H groups in total. The molecule has 76 valence electrons. The second-order valence-electron chi connectivity index (χ2n) is 4.20. The predicted octanol–water partition coefficient (Wildman–Crippen LogP) is 3.00. The van der Waals surface area contributed by atoms with E-state index in [1.807, 2.05) is 0 Å². The second kappa shape index (κ2) is 3.23. The molecule has 2 heteroatoms. The molecule has 3 rings (SSSR count). The fourth-order valence-electron chi connectivity index (χ4n) is 2.31. The van der Waals surface area contributed by atoms with E-state index in [1.54, 1.807) is 0 Å². The summed E-state index contributed by atoms with van der Waals surface area (Å²) in [7, 11) is 0. The van der Waals surface area contributed by atoms with Crippen LogP contribution >= 0.6 is 0 Å². The van der Waals surface area contributed by atoms with Gasteiger partial charge in [-0.25, -0.2) is 0 Å². The highest BCUT2D eigenvalue weighted by atomic mass is 14.8. The number of nitrogens with one attached hydrogen (secondary N) is 1. The van der Waals surface area contributed by atoms with Gasteiger partial charge in [0.15, 0.2) is 0 Å². The number of aromatic nitrogens is 1. The van der Waals surface area contributed by atoms with Crippen LogP contribution in [0.1, 0.15) is 18.9 Å². The zero-order valence-corrected chi connectivity index (χ0v) is 8.83. The monoisotopic (exact) mass is 198 g/mol. The standard InChI is InChI=1S/C13H14N2/c1-9-6-7-14-13(9)11-8-15-12-5-3-2-4-10(11)12/h2-5,8-9,15H,6-7H2,1H3/t9-/m0/s1. The summed E-state index contributed by atoms with van der Waals surface area (Å²) in [5, 5.41) is 1.30. The Kier molecular flexibility index (Phi) is 1.88. The van der Waals surface area contributed by atoms with Crippen molar-refractivity contribution in [1.29, 1.82) is 0 Å². The SMILES string of the molecule is C[C@H]1CCN=C1c1c[nH]c2ccccc12. The van der Waals surface area contributed by atoms with Crippen LogP contribution < -0.4 is 0 Å². The smallest absolute Gasteiger partial charge is 0.0470 e. The van der Waals surface area contributed by atoms with Crippen LogP contribution in [0.15, 0.2) is 35.5 Å². The molecule has 0 bridgehead atoms. The number of aromatic amines is 1. The van der Waals surface area contributed by atoms with Gasteiger partial charge in [0.2, 0.25) is 0 Å². The van der Waals surface area contributed by atoms with Gasteiger partial charge in [-0.05, 0) is 12.5 Å². The van der Waals surface area contributed by atoms with E-state index in [0.717, 1.165) is 6.54 Å². The van der Waals surface area contributed by atoms with Gasteiger partial charge in [-0.3, -0.25) is 4.99 Å². The summed E-state index contributed by atoms with van der Waals surface area (Å²) in [6.07, 6.45) is 3.28. The van der Waals surface area contributed by atoms with Crippen molar-refractivity contribution in [3.63, 3.8) is 0 Å². The van der Waals surface area contributed by atoms with Crippen LogP contribution in [-0.4, -0.2) is 17.2 Å². The van der Waals surface area contributed by atoms with Crippen LogP contribution in [0.4, 0.5) is 0 Å². The lowest BCUT2D eigenvalue weighted by atomic mass is 9.98. The molecule has 0 radical (unpaired) electrons. The lowest BCUT2D eigenvalue weighted by molar-refractivity contribution is 0.751. The predicted molar refractivity (Wildman–Crippen MR) is 63.5 cm³/mol. The average molecular weight is 198 g/mol. The number of H-pyrrole nitrogens is 1. The molecule has 15 heavy (non-hydrogen) atoms. The third kappa shape index (κ3) is 1.29. The van der Waals surface area contributed by atoms with E-state index in [4.69, 9.17) is 0 Å². The Bertz CT molecular complexity index is 522. The molecule has 1 atom stereocenters. The van der Waals surface area contributed by atoms with E-state index in [-0.39, 0.29) is 0 Å². The minimum Gasteiger partial charge on any atom is -0.360 e. The molecule has 1 aromatic heterocycles. The van der Waals surface area contributed by atoms with E-state index in [2.05, 4.69) is 47.4 Å². The molecule has 0 saturated carbocycles. The normalized spacial score (nSPS) is 20.9. The van der Waals surface area contributed by atoms with Gasteiger partial charge in [0.05, 0.1) is 0 Å². The number of aliphatic imine (C=N–C) groups is 1. The zero-order chi connectivity index (χ0) is 10.3. The van der Waals surface area contributed by atoms with Crippen LogP contribution in [-0.2, 0) is 0 Å². The van der Waals surface area contributed by atoms with Gasteiger partial charge in [0, 0.05) is 40.8 Å². The summed E-state index contributed by atoms with van der Waals surface area (Å²) in [6, 6.07) is 8.41. The Morgan fingerprint density at radius 3 is 3.00 bits per heavy atom. The number of hydrogen-bond donors (Lipinski definition) is 1. The number of fused-ring (bicyclic) bond motifs is 1. The summed E-state index contributed by atoms with van der Waals surface area (Å²) in [5.41, 5.74) is 3.76. The Morgan fingerprint density at radius 2 is 2.20 bits per heavy atom. The molecule has 2 nitrogen and oxygen atoms in total. The first-order valence-corrected chi connectivity index (χ1v) is 5.47. The maximum Gasteiger partial charge on any atom is 0.0470 e. The first kappa shape index (κ1) is 8.72. The van der Waals surface area contributed by atoms with E-state index in [9.17, 15) is 0 Å². The van der Waals surface area contributed by atoms with Crippen LogP contribution in [0, 0.1) is 5.92 Å². The summed E-state index contributed by atoms with van der Waals surface area (Å²) in [5.74, 6) is 0.601. The number of benzene rings is 1. The topological polar surface area (TPSA) is 28.1 Å². The van der Waals surface area contributed by atoms with Crippen molar-refractivity contribution in [2.75, 3.05) is 6.54 Å². The number of hydrogen-bond acceptors (Lipinski definition) is 1. The van der Waals surface area contributed by atoms with Gasteiger partial charge < -0.3 is 4.98 Å². The van der Waals surface area contributed by atoms with E-state index < -0.39 is 0 Å². The fourth-order valence-corrected chi connectivity index (χ4v) is 2.31. The van der Waals surface area contributed by atoms with Gasteiger partial charge in [0.1, 0.15) is 0 Å². The molecule has 0 unspecified atom stereocenters. The molecule has 0 fully saturated rings. The Labute approximate surface area is 89.0 Å². The second-order valence-corrected chi connectivity index (χ2v) is 4.20. The van der Waals surface area contributed by atoms with Gasteiger partial charge in [-0.1, -0.05) is 25.1 Å². The molecular weight excluding hydrogens is 184 g/mol. The molecule has 1 aliphatic heterocycles. The van der Waals surface area contributed by atoms with Crippen molar-refractivity contribution in [2.45, 2.75) is 13.3 Å². The maximum atomic E-state index is 4.61. The molecule has 0 spiro atoms. The van der Waals surface area contributed by atoms with Crippen molar-refractivity contribution in [1.82, 2.24) is 4.98 Å². The molecule has 2 aromatic rings. The minimum atomic E-state index is 0.601. The first-order chi connectivity index (χ1) is 7.36. The maximum absolute atomic E-state index is 4.61. The third-order valence-electron chi connectivity index (χ3n) is 3.18. The summed E-state index contributed by atoms with van der Waals surface area (Å²) < 4.78 is 0. The van der Waals surface area contributed by atoms with Crippen molar-refractivity contribution in [3.8, 4) is 0 Å². The molecule has 2 heterocycles. The first-order valence-electron chi connectivity index (χ1n) is 5.47. The molecule has 1 aliphatic rings. The number of nitrogens with zero attached hydrogens (tertiary/aromatic N) is 1. The van der Waals surface area contributed by atoms with Crippen LogP contribution in [0.25, 0.3) is 10.9 Å². The molecule has 0 aliphatic carbocycles. The number of rotatable bonds is 1. The average Bonchev–Trinajstić information content (AvgIpc) is 2.83. The van der Waals surface area contributed by atoms with Crippen LogP contribution in [0.3, 0.4) is 0 Å². The molecule has 0 saturated heterocycles. The molecule has 1 aromatic carbocycles. The van der Waals surface area contributed by atoms with Crippen molar-refractivity contribution >= 4 is 16.6 Å². The fraction of sp³-hybridized carbons (Fsp3) is 0.308. The Balaban J connectivity index is 2.19. The highest BCUT2D eigenvalue weighted by Gasteiger charge is 2.20. The number of para-hydroxylation sites is 1. The zero-order valence-electron chi connectivity index (χ0n) is 8.83. The van der Waals surface area contributed by atoms with Gasteiger partial charge in [0.25, 0.3) is 0 Å². The summed E-state index contributed by atoms with van der Waals surface area (Å²) in [4.78, 5) is 7.91. The van der Waals surface area contributed by atoms with Crippen LogP contribution in [0.2, 0.25) is 0 Å². The lowest BCUT2D eigenvalue weighted by Gasteiger charge is -2.04. The summed E-state index contributed by atoms with van der Waals surface area (Å²) >= 11 is 0. The van der Waals surface area contributed by atoms with Gasteiger partial charge in [-0.2, -0.15) is 0 Å². The van der Waals surface area contributed by atoms with Crippen LogP contribution in [0.5, 0.6) is 0 Å². The lowest BCUT2D eigenvalue weighted by Crippen LogP contribution is -2.06. The quantitative estimate of drug-likeness (QED) is 0.729.